The molecule has 0 spiro atoms. The Morgan fingerprint density at radius 3 is 2.43 bits per heavy atom. The molecular formula is C17H21NO3. The molecule has 4 heteroatoms. The first-order chi connectivity index (χ1) is 10.1. The summed E-state index contributed by atoms with van der Waals surface area (Å²) in [7, 11) is 0. The number of rotatable bonds is 6. The van der Waals surface area contributed by atoms with E-state index < -0.39 is 0 Å². The summed E-state index contributed by atoms with van der Waals surface area (Å²) in [6, 6.07) is 11.2. The molecule has 0 aliphatic heterocycles. The van der Waals surface area contributed by atoms with Crippen molar-refractivity contribution in [2.75, 3.05) is 6.61 Å². The van der Waals surface area contributed by atoms with Crippen molar-refractivity contribution in [3.63, 3.8) is 0 Å². The fourth-order valence-corrected chi connectivity index (χ4v) is 2.23. The molecule has 2 N–H and O–H groups in total. The second-order valence-electron chi connectivity index (χ2n) is 5.04. The molecule has 2 rings (SSSR count). The predicted molar refractivity (Wildman–Crippen MR) is 83.6 cm³/mol. The molecule has 0 bridgehead atoms. The molecule has 0 aromatic heterocycles. The summed E-state index contributed by atoms with van der Waals surface area (Å²) in [5, 5.41) is 14.7. The Kier molecular flexibility index (Phi) is 5.04. The van der Waals surface area contributed by atoms with E-state index in [-0.39, 0.29) is 24.3 Å². The number of fused-ring (bicyclic) bond motifs is 1. The van der Waals surface area contributed by atoms with E-state index in [9.17, 15) is 9.90 Å². The van der Waals surface area contributed by atoms with Crippen molar-refractivity contribution < 1.29 is 14.6 Å². The number of amides is 1. The number of hydrogen-bond acceptors (Lipinski definition) is 3. The van der Waals surface area contributed by atoms with Crippen molar-refractivity contribution >= 4 is 16.7 Å². The molecule has 0 fully saturated rings. The first kappa shape index (κ1) is 15.2. The number of aromatic hydroxyl groups is 1. The number of carbonyl (C=O) groups excluding carboxylic acids is 1. The number of phenolic OH excluding ortho intramolecular Hbond substituents is 1. The van der Waals surface area contributed by atoms with Crippen LogP contribution in [0.1, 0.15) is 26.7 Å². The molecule has 0 heterocycles. The molecule has 2 aromatic rings. The van der Waals surface area contributed by atoms with E-state index in [0.29, 0.717) is 5.75 Å². The van der Waals surface area contributed by atoms with Crippen LogP contribution in [-0.2, 0) is 4.79 Å². The minimum absolute atomic E-state index is 0.0454. The monoisotopic (exact) mass is 287 g/mol. The molecule has 0 unspecified atom stereocenters. The third-order valence-corrected chi connectivity index (χ3v) is 3.54. The number of phenols is 1. The molecule has 1 amide bonds. The van der Waals surface area contributed by atoms with Crippen LogP contribution in [0.4, 0.5) is 0 Å². The predicted octanol–water partition coefficient (Wildman–Crippen LogP) is 3.23. The number of ether oxygens (including phenoxy) is 1. The lowest BCUT2D eigenvalue weighted by Crippen LogP contribution is -2.37. The Balaban J connectivity index is 2.03. The summed E-state index contributed by atoms with van der Waals surface area (Å²) >= 11 is 0. The van der Waals surface area contributed by atoms with Gasteiger partial charge in [0.05, 0.1) is 0 Å². The van der Waals surface area contributed by atoms with E-state index in [4.69, 9.17) is 4.74 Å². The Morgan fingerprint density at radius 2 is 1.81 bits per heavy atom. The highest BCUT2D eigenvalue weighted by Gasteiger charge is 2.11. The fraction of sp³-hybridized carbons (Fsp3) is 0.353. The van der Waals surface area contributed by atoms with Gasteiger partial charge in [-0.15, -0.1) is 0 Å². The van der Waals surface area contributed by atoms with Gasteiger partial charge in [-0.1, -0.05) is 38.1 Å². The van der Waals surface area contributed by atoms with Gasteiger partial charge < -0.3 is 15.2 Å². The first-order valence-corrected chi connectivity index (χ1v) is 7.28. The number of hydrogen-bond donors (Lipinski definition) is 2. The van der Waals surface area contributed by atoms with Crippen molar-refractivity contribution in [2.45, 2.75) is 32.7 Å². The normalized spacial score (nSPS) is 10.8. The molecule has 0 aliphatic carbocycles. The lowest BCUT2D eigenvalue weighted by molar-refractivity contribution is -0.123. The van der Waals surface area contributed by atoms with Gasteiger partial charge in [-0.25, -0.2) is 0 Å². The minimum Gasteiger partial charge on any atom is -0.504 e. The van der Waals surface area contributed by atoms with Crippen molar-refractivity contribution in [3.8, 4) is 11.5 Å². The zero-order valence-electron chi connectivity index (χ0n) is 12.4. The average Bonchev–Trinajstić information content (AvgIpc) is 2.50. The second-order valence-corrected chi connectivity index (χ2v) is 5.04. The van der Waals surface area contributed by atoms with Gasteiger partial charge in [-0.2, -0.15) is 0 Å². The van der Waals surface area contributed by atoms with Crippen LogP contribution in [0.5, 0.6) is 11.5 Å². The van der Waals surface area contributed by atoms with Crippen molar-refractivity contribution in [1.29, 1.82) is 0 Å². The SMILES string of the molecule is CCC(CC)NC(=O)COc1cc2ccccc2cc1O. The highest BCUT2D eigenvalue weighted by molar-refractivity contribution is 5.86. The van der Waals surface area contributed by atoms with Gasteiger partial charge in [0.15, 0.2) is 18.1 Å². The molecule has 0 atom stereocenters. The van der Waals surface area contributed by atoms with Crippen LogP contribution in [0.3, 0.4) is 0 Å². The standard InChI is InChI=1S/C17H21NO3/c1-3-14(4-2)18-17(20)11-21-16-10-13-8-6-5-7-12(13)9-15(16)19/h5-10,14,19H,3-4,11H2,1-2H3,(H,18,20). The summed E-state index contributed by atoms with van der Waals surface area (Å²) in [6.45, 7) is 3.97. The maximum absolute atomic E-state index is 11.8. The maximum atomic E-state index is 11.8. The second kappa shape index (κ2) is 6.97. The van der Waals surface area contributed by atoms with E-state index >= 15 is 0 Å². The van der Waals surface area contributed by atoms with E-state index in [0.717, 1.165) is 23.6 Å². The van der Waals surface area contributed by atoms with Crippen molar-refractivity contribution in [1.82, 2.24) is 5.32 Å². The number of carbonyl (C=O) groups is 1. The van der Waals surface area contributed by atoms with E-state index in [1.807, 2.05) is 38.1 Å². The van der Waals surface area contributed by atoms with Crippen LogP contribution >= 0.6 is 0 Å². The molecule has 0 saturated heterocycles. The summed E-state index contributed by atoms with van der Waals surface area (Å²) in [4.78, 5) is 11.8. The summed E-state index contributed by atoms with van der Waals surface area (Å²) in [6.07, 6.45) is 1.78. The lowest BCUT2D eigenvalue weighted by Gasteiger charge is -2.15. The lowest BCUT2D eigenvalue weighted by atomic mass is 10.1. The maximum Gasteiger partial charge on any atom is 0.258 e. The van der Waals surface area contributed by atoms with Crippen LogP contribution in [0.15, 0.2) is 36.4 Å². The minimum atomic E-state index is -0.170. The van der Waals surface area contributed by atoms with Crippen LogP contribution in [0.25, 0.3) is 10.8 Å². The van der Waals surface area contributed by atoms with E-state index in [1.54, 1.807) is 12.1 Å². The Hall–Kier alpha value is -2.23. The zero-order valence-corrected chi connectivity index (χ0v) is 12.4. The molecule has 4 nitrogen and oxygen atoms in total. The molecule has 0 radical (unpaired) electrons. The van der Waals surface area contributed by atoms with E-state index in [2.05, 4.69) is 5.32 Å². The quantitative estimate of drug-likeness (QED) is 0.857. The molecule has 2 aromatic carbocycles. The third-order valence-electron chi connectivity index (χ3n) is 3.54. The zero-order chi connectivity index (χ0) is 15.2. The Bertz CT molecular complexity index is 620. The average molecular weight is 287 g/mol. The van der Waals surface area contributed by atoms with Gasteiger partial charge in [0.25, 0.3) is 5.91 Å². The van der Waals surface area contributed by atoms with Gasteiger partial charge >= 0.3 is 0 Å². The van der Waals surface area contributed by atoms with Crippen LogP contribution in [0.2, 0.25) is 0 Å². The first-order valence-electron chi connectivity index (χ1n) is 7.28. The molecule has 0 aliphatic rings. The van der Waals surface area contributed by atoms with Crippen LogP contribution in [-0.4, -0.2) is 23.7 Å². The van der Waals surface area contributed by atoms with E-state index in [1.165, 1.54) is 0 Å². The van der Waals surface area contributed by atoms with Crippen molar-refractivity contribution in [3.05, 3.63) is 36.4 Å². The van der Waals surface area contributed by atoms with Gasteiger partial charge in [-0.05, 0) is 35.7 Å². The third kappa shape index (κ3) is 3.88. The fourth-order valence-electron chi connectivity index (χ4n) is 2.23. The van der Waals surface area contributed by atoms with Gasteiger partial charge in [0.1, 0.15) is 0 Å². The summed E-state index contributed by atoms with van der Waals surface area (Å²) < 4.78 is 5.43. The van der Waals surface area contributed by atoms with Crippen molar-refractivity contribution in [2.24, 2.45) is 0 Å². The smallest absolute Gasteiger partial charge is 0.258 e. The summed E-state index contributed by atoms with van der Waals surface area (Å²) in [5.41, 5.74) is 0. The summed E-state index contributed by atoms with van der Waals surface area (Å²) in [5.74, 6) is 0.202. The molecule has 112 valence electrons. The largest absolute Gasteiger partial charge is 0.504 e. The number of benzene rings is 2. The van der Waals surface area contributed by atoms with Crippen LogP contribution < -0.4 is 10.1 Å². The number of nitrogens with one attached hydrogen (secondary N) is 1. The molecular weight excluding hydrogens is 266 g/mol. The highest BCUT2D eigenvalue weighted by atomic mass is 16.5. The molecule has 0 saturated carbocycles. The van der Waals surface area contributed by atoms with Gasteiger partial charge in [0.2, 0.25) is 0 Å². The molecule has 21 heavy (non-hydrogen) atoms. The Morgan fingerprint density at radius 1 is 1.19 bits per heavy atom. The highest BCUT2D eigenvalue weighted by Crippen LogP contribution is 2.31. The van der Waals surface area contributed by atoms with Gasteiger partial charge in [0, 0.05) is 6.04 Å². The topological polar surface area (TPSA) is 58.6 Å². The Labute approximate surface area is 124 Å². The van der Waals surface area contributed by atoms with Gasteiger partial charge in [-0.3, -0.25) is 4.79 Å². The van der Waals surface area contributed by atoms with Crippen LogP contribution in [0, 0.1) is 0 Å².